The Hall–Kier alpha value is -1.16. The second-order valence-electron chi connectivity index (χ2n) is 5.69. The number of hydrogen-bond donors (Lipinski definition) is 2. The van der Waals surface area contributed by atoms with E-state index in [1.807, 2.05) is 6.07 Å². The van der Waals surface area contributed by atoms with E-state index >= 15 is 0 Å². The molecule has 0 unspecified atom stereocenters. The third-order valence-corrected chi connectivity index (χ3v) is 3.51. The number of rotatable bonds is 5. The van der Waals surface area contributed by atoms with Gasteiger partial charge < -0.3 is 11.1 Å². The van der Waals surface area contributed by atoms with Gasteiger partial charge in [-0.15, -0.1) is 5.10 Å². The second kappa shape index (κ2) is 5.00. The Morgan fingerprint density at radius 3 is 2.59 bits per heavy atom. The standard InChI is InChI=1S/C13H22N4/c1-13(2,8-14)9-15-12-7-6-11(16-17-12)10-4-3-5-10/h6-7,10H,3-5,8-9,14H2,1-2H3,(H,15,17). The zero-order valence-corrected chi connectivity index (χ0v) is 10.7. The van der Waals surface area contributed by atoms with Crippen LogP contribution in [0, 0.1) is 5.41 Å². The molecule has 1 aliphatic rings. The molecule has 1 heterocycles. The molecule has 0 bridgehead atoms. The lowest BCUT2D eigenvalue weighted by atomic mass is 9.83. The molecule has 1 fully saturated rings. The van der Waals surface area contributed by atoms with Crippen molar-refractivity contribution in [2.24, 2.45) is 11.1 Å². The number of nitrogens with two attached hydrogens (primary N) is 1. The highest BCUT2D eigenvalue weighted by Crippen LogP contribution is 2.34. The second-order valence-corrected chi connectivity index (χ2v) is 5.69. The zero-order valence-electron chi connectivity index (χ0n) is 10.7. The van der Waals surface area contributed by atoms with Gasteiger partial charge in [0.25, 0.3) is 0 Å². The summed E-state index contributed by atoms with van der Waals surface area (Å²) in [7, 11) is 0. The van der Waals surface area contributed by atoms with Crippen molar-refractivity contribution in [3.63, 3.8) is 0 Å². The van der Waals surface area contributed by atoms with Gasteiger partial charge >= 0.3 is 0 Å². The van der Waals surface area contributed by atoms with Gasteiger partial charge in [-0.1, -0.05) is 20.3 Å². The number of nitrogens with one attached hydrogen (secondary N) is 1. The van der Waals surface area contributed by atoms with Gasteiger partial charge in [0.1, 0.15) is 5.82 Å². The smallest absolute Gasteiger partial charge is 0.148 e. The Balaban J connectivity index is 1.89. The third-order valence-electron chi connectivity index (χ3n) is 3.51. The number of aromatic nitrogens is 2. The molecule has 0 amide bonds. The van der Waals surface area contributed by atoms with E-state index in [1.165, 1.54) is 19.3 Å². The van der Waals surface area contributed by atoms with Crippen LogP contribution in [0.4, 0.5) is 5.82 Å². The molecule has 4 nitrogen and oxygen atoms in total. The highest BCUT2D eigenvalue weighted by Gasteiger charge is 2.21. The van der Waals surface area contributed by atoms with Crippen LogP contribution >= 0.6 is 0 Å². The van der Waals surface area contributed by atoms with E-state index in [1.54, 1.807) is 0 Å². The molecule has 0 radical (unpaired) electrons. The summed E-state index contributed by atoms with van der Waals surface area (Å²) in [5.41, 5.74) is 6.91. The van der Waals surface area contributed by atoms with Crippen LogP contribution in [0.25, 0.3) is 0 Å². The van der Waals surface area contributed by atoms with E-state index in [4.69, 9.17) is 5.73 Å². The normalized spacial score (nSPS) is 16.6. The van der Waals surface area contributed by atoms with Crippen molar-refractivity contribution >= 4 is 5.82 Å². The monoisotopic (exact) mass is 234 g/mol. The van der Waals surface area contributed by atoms with Crippen LogP contribution in [-0.4, -0.2) is 23.3 Å². The Kier molecular flexibility index (Phi) is 3.62. The SMILES string of the molecule is CC(C)(CN)CNc1ccc(C2CCC2)nn1. The van der Waals surface area contributed by atoms with Crippen LogP contribution in [0.2, 0.25) is 0 Å². The first-order valence-corrected chi connectivity index (χ1v) is 6.38. The number of hydrogen-bond acceptors (Lipinski definition) is 4. The largest absolute Gasteiger partial charge is 0.368 e. The average molecular weight is 234 g/mol. The van der Waals surface area contributed by atoms with Gasteiger partial charge in [0.05, 0.1) is 5.69 Å². The molecular weight excluding hydrogens is 212 g/mol. The molecule has 0 aromatic carbocycles. The fraction of sp³-hybridized carbons (Fsp3) is 0.692. The van der Waals surface area contributed by atoms with Crippen LogP contribution in [0.1, 0.15) is 44.7 Å². The maximum absolute atomic E-state index is 5.68. The minimum Gasteiger partial charge on any atom is -0.368 e. The van der Waals surface area contributed by atoms with Crippen molar-refractivity contribution in [2.75, 3.05) is 18.4 Å². The summed E-state index contributed by atoms with van der Waals surface area (Å²) in [5.74, 6) is 1.49. The van der Waals surface area contributed by atoms with Crippen molar-refractivity contribution in [3.05, 3.63) is 17.8 Å². The summed E-state index contributed by atoms with van der Waals surface area (Å²) >= 11 is 0. The maximum Gasteiger partial charge on any atom is 0.148 e. The van der Waals surface area contributed by atoms with Crippen molar-refractivity contribution in [1.82, 2.24) is 10.2 Å². The van der Waals surface area contributed by atoms with Crippen LogP contribution in [0.15, 0.2) is 12.1 Å². The lowest BCUT2D eigenvalue weighted by Crippen LogP contribution is -2.31. The molecule has 1 aliphatic carbocycles. The molecule has 1 aromatic heterocycles. The first-order chi connectivity index (χ1) is 8.11. The lowest BCUT2D eigenvalue weighted by Gasteiger charge is -2.25. The molecule has 3 N–H and O–H groups in total. The number of nitrogens with zero attached hydrogens (tertiary/aromatic N) is 2. The molecule has 1 aromatic rings. The summed E-state index contributed by atoms with van der Waals surface area (Å²) < 4.78 is 0. The van der Waals surface area contributed by atoms with Crippen LogP contribution in [-0.2, 0) is 0 Å². The summed E-state index contributed by atoms with van der Waals surface area (Å²) in [6, 6.07) is 4.11. The van der Waals surface area contributed by atoms with E-state index in [2.05, 4.69) is 35.4 Å². The molecule has 4 heteroatoms. The van der Waals surface area contributed by atoms with Gasteiger partial charge in [-0.2, -0.15) is 5.10 Å². The molecule has 0 atom stereocenters. The van der Waals surface area contributed by atoms with Gasteiger partial charge in [0.15, 0.2) is 0 Å². The summed E-state index contributed by atoms with van der Waals surface area (Å²) in [5, 5.41) is 11.8. The molecule has 94 valence electrons. The number of anilines is 1. The fourth-order valence-corrected chi connectivity index (χ4v) is 1.76. The van der Waals surface area contributed by atoms with Crippen LogP contribution in [0.3, 0.4) is 0 Å². The Labute approximate surface area is 103 Å². The Morgan fingerprint density at radius 1 is 1.35 bits per heavy atom. The van der Waals surface area contributed by atoms with Crippen LogP contribution < -0.4 is 11.1 Å². The maximum atomic E-state index is 5.68. The first-order valence-electron chi connectivity index (χ1n) is 6.38. The van der Waals surface area contributed by atoms with Gasteiger partial charge in [-0.05, 0) is 36.9 Å². The third kappa shape index (κ3) is 3.16. The van der Waals surface area contributed by atoms with E-state index < -0.39 is 0 Å². The Morgan fingerprint density at radius 2 is 2.12 bits per heavy atom. The van der Waals surface area contributed by atoms with E-state index in [0.29, 0.717) is 12.5 Å². The van der Waals surface area contributed by atoms with E-state index in [0.717, 1.165) is 18.1 Å². The van der Waals surface area contributed by atoms with Crippen molar-refractivity contribution in [1.29, 1.82) is 0 Å². The topological polar surface area (TPSA) is 63.8 Å². The predicted molar refractivity (Wildman–Crippen MR) is 69.9 cm³/mol. The van der Waals surface area contributed by atoms with Crippen molar-refractivity contribution in [2.45, 2.75) is 39.0 Å². The molecule has 1 saturated carbocycles. The van der Waals surface area contributed by atoms with Crippen molar-refractivity contribution in [3.8, 4) is 0 Å². The molecule has 0 saturated heterocycles. The summed E-state index contributed by atoms with van der Waals surface area (Å²) in [6.07, 6.45) is 3.86. The summed E-state index contributed by atoms with van der Waals surface area (Å²) in [6.45, 7) is 5.75. The molecular formula is C13H22N4. The summed E-state index contributed by atoms with van der Waals surface area (Å²) in [4.78, 5) is 0. The average Bonchev–Trinajstić information content (AvgIpc) is 2.26. The van der Waals surface area contributed by atoms with Gasteiger partial charge in [-0.3, -0.25) is 0 Å². The fourth-order valence-electron chi connectivity index (χ4n) is 1.76. The minimum absolute atomic E-state index is 0.0916. The molecule has 2 rings (SSSR count). The highest BCUT2D eigenvalue weighted by molar-refractivity contribution is 5.34. The highest BCUT2D eigenvalue weighted by atomic mass is 15.2. The molecule has 0 aliphatic heterocycles. The Bertz CT molecular complexity index is 354. The van der Waals surface area contributed by atoms with Gasteiger partial charge in [0.2, 0.25) is 0 Å². The van der Waals surface area contributed by atoms with Gasteiger partial charge in [-0.25, -0.2) is 0 Å². The molecule has 0 spiro atoms. The van der Waals surface area contributed by atoms with Crippen LogP contribution in [0.5, 0.6) is 0 Å². The zero-order chi connectivity index (χ0) is 12.3. The molecule has 17 heavy (non-hydrogen) atoms. The quantitative estimate of drug-likeness (QED) is 0.819. The predicted octanol–water partition coefficient (Wildman–Crippen LogP) is 2.14. The lowest BCUT2D eigenvalue weighted by molar-refractivity contribution is 0.403. The first kappa shape index (κ1) is 12.3. The van der Waals surface area contributed by atoms with E-state index in [9.17, 15) is 0 Å². The van der Waals surface area contributed by atoms with Crippen molar-refractivity contribution < 1.29 is 0 Å². The van der Waals surface area contributed by atoms with Gasteiger partial charge in [0, 0.05) is 12.5 Å². The minimum atomic E-state index is 0.0916. The van der Waals surface area contributed by atoms with E-state index in [-0.39, 0.29) is 5.41 Å².